The average molecular weight is 403 g/mol. The van der Waals surface area contributed by atoms with Crippen LogP contribution in [0.2, 0.25) is 0 Å². The number of hydrogen-bond donors (Lipinski definition) is 0. The van der Waals surface area contributed by atoms with Gasteiger partial charge in [-0.25, -0.2) is 9.59 Å². The SMILES string of the molecule is CCOC(=O)C(=[N+]=[N-])/C(C)=C(/Cc1ccc([N+](=O)[O-])c(C)c1)C(=O)OC(C)(C)C. The van der Waals surface area contributed by atoms with E-state index in [1.165, 1.54) is 19.1 Å². The molecule has 156 valence electrons. The Kier molecular flexibility index (Phi) is 7.97. The van der Waals surface area contributed by atoms with E-state index in [1.54, 1.807) is 40.7 Å². The first-order valence-electron chi connectivity index (χ1n) is 8.97. The number of hydrogen-bond acceptors (Lipinski definition) is 6. The van der Waals surface area contributed by atoms with Crippen LogP contribution in [0.4, 0.5) is 5.69 Å². The first-order valence-corrected chi connectivity index (χ1v) is 8.97. The molecule has 0 saturated heterocycles. The van der Waals surface area contributed by atoms with E-state index < -0.39 is 28.2 Å². The number of ether oxygens (including phenoxy) is 2. The molecule has 0 N–H and O–H groups in total. The van der Waals surface area contributed by atoms with Crippen molar-refractivity contribution in [3.05, 3.63) is 56.1 Å². The lowest BCUT2D eigenvalue weighted by atomic mass is 9.96. The second-order valence-corrected chi connectivity index (χ2v) is 7.33. The van der Waals surface area contributed by atoms with Crippen LogP contribution in [0.1, 0.15) is 45.7 Å². The normalized spacial score (nSPS) is 11.8. The molecule has 0 aliphatic rings. The van der Waals surface area contributed by atoms with Gasteiger partial charge in [0.1, 0.15) is 5.60 Å². The standard InChI is InChI=1S/C20H25N3O6/c1-7-28-19(25)17(22-21)13(3)15(18(24)29-20(4,5)6)11-14-8-9-16(23(26)27)12(2)10-14/h8-10H,7,11H2,1-6H3/b15-13-. The smallest absolute Gasteiger partial charge is 0.421 e. The summed E-state index contributed by atoms with van der Waals surface area (Å²) < 4.78 is 10.3. The zero-order valence-corrected chi connectivity index (χ0v) is 17.4. The lowest BCUT2D eigenvalue weighted by Crippen LogP contribution is -2.28. The van der Waals surface area contributed by atoms with E-state index in [0.717, 1.165) is 0 Å². The highest BCUT2D eigenvalue weighted by Gasteiger charge is 2.31. The second kappa shape index (κ2) is 9.75. The predicted molar refractivity (Wildman–Crippen MR) is 105 cm³/mol. The van der Waals surface area contributed by atoms with E-state index in [-0.39, 0.29) is 29.9 Å². The number of nitro benzene ring substituents is 1. The van der Waals surface area contributed by atoms with Gasteiger partial charge in [0.2, 0.25) is 0 Å². The summed E-state index contributed by atoms with van der Waals surface area (Å²) in [6.07, 6.45) is 0.0119. The number of aryl methyl sites for hydroxylation is 1. The average Bonchev–Trinajstić information content (AvgIpc) is 2.58. The Bertz CT molecular complexity index is 905. The molecule has 9 nitrogen and oxygen atoms in total. The maximum atomic E-state index is 12.8. The van der Waals surface area contributed by atoms with Gasteiger partial charge in [-0.3, -0.25) is 10.1 Å². The van der Waals surface area contributed by atoms with Crippen molar-refractivity contribution in [2.75, 3.05) is 6.61 Å². The molecule has 0 saturated carbocycles. The van der Waals surface area contributed by atoms with Crippen molar-refractivity contribution in [1.29, 1.82) is 0 Å². The topological polar surface area (TPSA) is 132 Å². The minimum absolute atomic E-state index is 0.0119. The van der Waals surface area contributed by atoms with Gasteiger partial charge >= 0.3 is 17.7 Å². The van der Waals surface area contributed by atoms with E-state index >= 15 is 0 Å². The molecule has 0 amide bonds. The van der Waals surface area contributed by atoms with Gasteiger partial charge in [0.05, 0.1) is 22.7 Å². The fraction of sp³-hybridized carbons (Fsp3) is 0.450. The number of rotatable bonds is 7. The van der Waals surface area contributed by atoms with Gasteiger partial charge in [-0.15, -0.1) is 0 Å². The highest BCUT2D eigenvalue weighted by atomic mass is 16.6. The summed E-state index contributed by atoms with van der Waals surface area (Å²) in [6.45, 7) is 9.78. The number of nitrogens with zero attached hydrogens (tertiary/aromatic N) is 3. The molecule has 29 heavy (non-hydrogen) atoms. The third-order valence-electron chi connectivity index (χ3n) is 3.86. The van der Waals surface area contributed by atoms with Crippen LogP contribution in [0.3, 0.4) is 0 Å². The van der Waals surface area contributed by atoms with Crippen LogP contribution in [-0.4, -0.2) is 39.6 Å². The summed E-state index contributed by atoms with van der Waals surface area (Å²) in [5.41, 5.74) is 9.23. The Morgan fingerprint density at radius 3 is 2.31 bits per heavy atom. The van der Waals surface area contributed by atoms with Crippen molar-refractivity contribution in [2.24, 2.45) is 0 Å². The molecule has 0 radical (unpaired) electrons. The highest BCUT2D eigenvalue weighted by Crippen LogP contribution is 2.23. The van der Waals surface area contributed by atoms with Crippen molar-refractivity contribution >= 4 is 23.3 Å². The molecular formula is C20H25N3O6. The maximum absolute atomic E-state index is 12.8. The van der Waals surface area contributed by atoms with Gasteiger partial charge in [0.15, 0.2) is 0 Å². The number of esters is 2. The molecule has 1 aromatic rings. The number of benzene rings is 1. The van der Waals surface area contributed by atoms with Gasteiger partial charge in [0.25, 0.3) is 5.69 Å². The van der Waals surface area contributed by atoms with Crippen molar-refractivity contribution in [1.82, 2.24) is 0 Å². The van der Waals surface area contributed by atoms with Crippen molar-refractivity contribution in [2.45, 2.75) is 53.6 Å². The fourth-order valence-corrected chi connectivity index (χ4v) is 2.55. The van der Waals surface area contributed by atoms with Crippen molar-refractivity contribution in [3.8, 4) is 0 Å². The monoisotopic (exact) mass is 403 g/mol. The summed E-state index contributed by atoms with van der Waals surface area (Å²) in [5.74, 6) is -1.58. The molecule has 0 aliphatic heterocycles. The van der Waals surface area contributed by atoms with Gasteiger partial charge in [-0.2, -0.15) is 4.79 Å². The molecule has 0 aliphatic carbocycles. The Labute approximate surface area is 169 Å². The minimum atomic E-state index is -0.881. The largest absolute Gasteiger partial charge is 0.457 e. The van der Waals surface area contributed by atoms with E-state index in [0.29, 0.717) is 11.1 Å². The fourth-order valence-electron chi connectivity index (χ4n) is 2.55. The molecule has 0 heterocycles. The summed E-state index contributed by atoms with van der Waals surface area (Å²) in [6, 6.07) is 4.44. The molecule has 1 rings (SSSR count). The van der Waals surface area contributed by atoms with Gasteiger partial charge in [-0.05, 0) is 53.2 Å². The molecule has 1 aromatic carbocycles. The molecule has 0 atom stereocenters. The Hall–Kier alpha value is -3.32. The van der Waals surface area contributed by atoms with Crippen LogP contribution in [0, 0.1) is 17.0 Å². The highest BCUT2D eigenvalue weighted by molar-refractivity contribution is 6.41. The van der Waals surface area contributed by atoms with E-state index in [1.807, 2.05) is 0 Å². The van der Waals surface area contributed by atoms with Gasteiger partial charge < -0.3 is 15.0 Å². The first-order chi connectivity index (χ1) is 13.4. The van der Waals surface area contributed by atoms with Crippen molar-refractivity contribution < 1.29 is 28.8 Å². The quantitative estimate of drug-likeness (QED) is 0.130. The lowest BCUT2D eigenvalue weighted by molar-refractivity contribution is -0.385. The third kappa shape index (κ3) is 6.65. The van der Waals surface area contributed by atoms with E-state index in [9.17, 15) is 25.2 Å². The summed E-state index contributed by atoms with van der Waals surface area (Å²) in [5, 5.41) is 11.0. The van der Waals surface area contributed by atoms with Crippen molar-refractivity contribution in [3.63, 3.8) is 0 Å². The molecular weight excluding hydrogens is 378 g/mol. The number of carbonyl (C=O) groups excluding carboxylic acids is 2. The zero-order valence-electron chi connectivity index (χ0n) is 17.4. The molecule has 0 unspecified atom stereocenters. The summed E-state index contributed by atoms with van der Waals surface area (Å²) in [7, 11) is 0. The Balaban J connectivity index is 3.47. The van der Waals surface area contributed by atoms with Crippen LogP contribution in [0.25, 0.3) is 5.53 Å². The maximum Gasteiger partial charge on any atom is 0.421 e. The Morgan fingerprint density at radius 2 is 1.86 bits per heavy atom. The predicted octanol–water partition coefficient (Wildman–Crippen LogP) is 3.34. The molecule has 0 bridgehead atoms. The van der Waals surface area contributed by atoms with Crippen LogP contribution in [0.15, 0.2) is 29.3 Å². The minimum Gasteiger partial charge on any atom is -0.457 e. The van der Waals surface area contributed by atoms with Crippen LogP contribution >= 0.6 is 0 Å². The summed E-state index contributed by atoms with van der Waals surface area (Å²) in [4.78, 5) is 38.4. The summed E-state index contributed by atoms with van der Waals surface area (Å²) >= 11 is 0. The first kappa shape index (κ1) is 23.7. The Morgan fingerprint density at radius 1 is 1.24 bits per heavy atom. The van der Waals surface area contributed by atoms with Crippen LogP contribution < -0.4 is 0 Å². The number of carbonyl (C=O) groups is 2. The van der Waals surface area contributed by atoms with Crippen LogP contribution in [0.5, 0.6) is 0 Å². The van der Waals surface area contributed by atoms with Crippen LogP contribution in [-0.2, 0) is 25.5 Å². The third-order valence-corrected chi connectivity index (χ3v) is 3.86. The van der Waals surface area contributed by atoms with Gasteiger partial charge in [0, 0.05) is 18.1 Å². The van der Waals surface area contributed by atoms with E-state index in [4.69, 9.17) is 9.47 Å². The molecule has 0 fully saturated rings. The van der Waals surface area contributed by atoms with E-state index in [2.05, 4.69) is 4.79 Å². The molecule has 0 aromatic heterocycles. The molecule has 9 heteroatoms. The lowest BCUT2D eigenvalue weighted by Gasteiger charge is -2.21. The number of nitro groups is 1. The second-order valence-electron chi connectivity index (χ2n) is 7.33. The molecule has 0 spiro atoms. The van der Waals surface area contributed by atoms with Gasteiger partial charge in [-0.1, -0.05) is 6.07 Å². The zero-order chi connectivity index (χ0) is 22.4.